The van der Waals surface area contributed by atoms with Gasteiger partial charge < -0.3 is 9.88 Å². The number of carbonyl (C=O) groups is 1. The Labute approximate surface area is 111 Å². The summed E-state index contributed by atoms with van der Waals surface area (Å²) in [5.74, 6) is -0.0860. The van der Waals surface area contributed by atoms with Crippen molar-refractivity contribution < 1.29 is 4.79 Å². The van der Waals surface area contributed by atoms with Crippen LogP contribution in [0.2, 0.25) is 0 Å². The number of aromatic nitrogens is 1. The van der Waals surface area contributed by atoms with Crippen molar-refractivity contribution in [2.75, 3.05) is 0 Å². The molecule has 0 saturated heterocycles. The highest BCUT2D eigenvalue weighted by Gasteiger charge is 2.05. The highest BCUT2D eigenvalue weighted by molar-refractivity contribution is 5.78. The highest BCUT2D eigenvalue weighted by Crippen LogP contribution is 1.99. The van der Waals surface area contributed by atoms with Gasteiger partial charge in [-0.2, -0.15) is 0 Å². The largest absolute Gasteiger partial charge is 0.352 e. The smallest absolute Gasteiger partial charge is 0.255 e. The molecule has 0 aliphatic carbocycles. The SMILES string of the molecule is Cn1cccc(CNC(=O)Cc2ccccc2)c1=O. The second-order valence-corrected chi connectivity index (χ2v) is 4.39. The van der Waals surface area contributed by atoms with Crippen LogP contribution in [0.5, 0.6) is 0 Å². The molecular formula is C15H16N2O2. The van der Waals surface area contributed by atoms with E-state index in [1.807, 2.05) is 30.3 Å². The standard InChI is InChI=1S/C15H16N2O2/c1-17-9-5-8-13(15(17)19)11-16-14(18)10-12-6-3-2-4-7-12/h2-9H,10-11H2,1H3,(H,16,18). The third-order valence-corrected chi connectivity index (χ3v) is 2.89. The number of hydrogen-bond acceptors (Lipinski definition) is 2. The monoisotopic (exact) mass is 256 g/mol. The summed E-state index contributed by atoms with van der Waals surface area (Å²) in [7, 11) is 1.69. The Morgan fingerprint density at radius 1 is 1.16 bits per heavy atom. The molecule has 0 aliphatic heterocycles. The van der Waals surface area contributed by atoms with Gasteiger partial charge >= 0.3 is 0 Å². The zero-order chi connectivity index (χ0) is 13.7. The summed E-state index contributed by atoms with van der Waals surface area (Å²) in [4.78, 5) is 23.5. The molecule has 0 radical (unpaired) electrons. The number of carbonyl (C=O) groups excluding carboxylic acids is 1. The summed E-state index contributed by atoms with van der Waals surface area (Å²) in [6, 6.07) is 13.0. The minimum Gasteiger partial charge on any atom is -0.352 e. The molecule has 2 aromatic rings. The van der Waals surface area contributed by atoms with Crippen LogP contribution < -0.4 is 10.9 Å². The first-order valence-corrected chi connectivity index (χ1v) is 6.12. The van der Waals surface area contributed by atoms with Crippen molar-refractivity contribution >= 4 is 5.91 Å². The average molecular weight is 256 g/mol. The van der Waals surface area contributed by atoms with Crippen molar-refractivity contribution in [1.82, 2.24) is 9.88 Å². The molecule has 0 spiro atoms. The Bertz CT molecular complexity index is 618. The van der Waals surface area contributed by atoms with Crippen LogP contribution in [0.25, 0.3) is 0 Å². The first kappa shape index (κ1) is 13.1. The molecule has 1 aromatic heterocycles. The molecule has 1 heterocycles. The van der Waals surface area contributed by atoms with Crippen LogP contribution >= 0.6 is 0 Å². The van der Waals surface area contributed by atoms with E-state index >= 15 is 0 Å². The average Bonchev–Trinajstić information content (AvgIpc) is 2.42. The number of aryl methyl sites for hydroxylation is 1. The fraction of sp³-hybridized carbons (Fsp3) is 0.200. The molecule has 0 unspecified atom stereocenters. The van der Waals surface area contributed by atoms with Crippen molar-refractivity contribution in [3.05, 3.63) is 70.1 Å². The van der Waals surface area contributed by atoms with Crippen LogP contribution in [-0.4, -0.2) is 10.5 Å². The van der Waals surface area contributed by atoms with Crippen molar-refractivity contribution in [3.63, 3.8) is 0 Å². The second-order valence-electron chi connectivity index (χ2n) is 4.39. The van der Waals surface area contributed by atoms with Crippen molar-refractivity contribution in [3.8, 4) is 0 Å². The Balaban J connectivity index is 1.94. The van der Waals surface area contributed by atoms with Gasteiger partial charge in [0, 0.05) is 25.4 Å². The number of hydrogen-bond donors (Lipinski definition) is 1. The van der Waals surface area contributed by atoms with Gasteiger partial charge in [0.15, 0.2) is 0 Å². The van der Waals surface area contributed by atoms with E-state index in [1.165, 1.54) is 4.57 Å². The lowest BCUT2D eigenvalue weighted by Crippen LogP contribution is -2.29. The normalized spacial score (nSPS) is 10.2. The predicted molar refractivity (Wildman–Crippen MR) is 73.7 cm³/mol. The Kier molecular flexibility index (Phi) is 4.13. The first-order chi connectivity index (χ1) is 9.16. The molecule has 0 saturated carbocycles. The summed E-state index contributed by atoms with van der Waals surface area (Å²) in [5.41, 5.74) is 1.47. The number of nitrogens with zero attached hydrogens (tertiary/aromatic N) is 1. The number of nitrogens with one attached hydrogen (secondary N) is 1. The second kappa shape index (κ2) is 6.00. The molecule has 4 nitrogen and oxygen atoms in total. The maximum atomic E-state index is 11.8. The zero-order valence-corrected chi connectivity index (χ0v) is 10.8. The molecular weight excluding hydrogens is 240 g/mol. The first-order valence-electron chi connectivity index (χ1n) is 6.12. The Morgan fingerprint density at radius 2 is 1.89 bits per heavy atom. The summed E-state index contributed by atoms with van der Waals surface area (Å²) in [6.07, 6.45) is 2.02. The van der Waals surface area contributed by atoms with Crippen LogP contribution in [0.4, 0.5) is 0 Å². The number of rotatable bonds is 4. The molecule has 0 bridgehead atoms. The van der Waals surface area contributed by atoms with Gasteiger partial charge in [-0.25, -0.2) is 0 Å². The molecule has 0 atom stereocenters. The van der Waals surface area contributed by atoms with E-state index in [2.05, 4.69) is 5.32 Å². The molecule has 98 valence electrons. The summed E-state index contributed by atoms with van der Waals surface area (Å²) >= 11 is 0. The topological polar surface area (TPSA) is 51.1 Å². The fourth-order valence-electron chi connectivity index (χ4n) is 1.83. The number of benzene rings is 1. The van der Waals surface area contributed by atoms with E-state index in [-0.39, 0.29) is 18.0 Å². The Morgan fingerprint density at radius 3 is 2.63 bits per heavy atom. The zero-order valence-electron chi connectivity index (χ0n) is 10.8. The summed E-state index contributed by atoms with van der Waals surface area (Å²) in [6.45, 7) is 0.263. The van der Waals surface area contributed by atoms with Crippen LogP contribution in [0.3, 0.4) is 0 Å². The van der Waals surface area contributed by atoms with Crippen LogP contribution in [0, 0.1) is 0 Å². The number of pyridine rings is 1. The molecule has 1 aromatic carbocycles. The molecule has 1 amide bonds. The molecule has 2 rings (SSSR count). The van der Waals surface area contributed by atoms with Gasteiger partial charge in [0.1, 0.15) is 0 Å². The molecule has 0 fully saturated rings. The van der Waals surface area contributed by atoms with Gasteiger partial charge in [0.2, 0.25) is 5.91 Å². The lowest BCUT2D eigenvalue weighted by Gasteiger charge is -2.06. The summed E-state index contributed by atoms with van der Waals surface area (Å²) in [5, 5.41) is 2.76. The maximum Gasteiger partial charge on any atom is 0.255 e. The third-order valence-electron chi connectivity index (χ3n) is 2.89. The fourth-order valence-corrected chi connectivity index (χ4v) is 1.83. The predicted octanol–water partition coefficient (Wildman–Crippen LogP) is 1.24. The van der Waals surface area contributed by atoms with E-state index in [1.54, 1.807) is 25.4 Å². The van der Waals surface area contributed by atoms with E-state index in [0.717, 1.165) is 5.56 Å². The van der Waals surface area contributed by atoms with Gasteiger partial charge in [0.25, 0.3) is 5.56 Å². The molecule has 19 heavy (non-hydrogen) atoms. The minimum absolute atomic E-state index is 0.0810. The van der Waals surface area contributed by atoms with Crippen LogP contribution in [-0.2, 0) is 24.8 Å². The quantitative estimate of drug-likeness (QED) is 0.895. The van der Waals surface area contributed by atoms with Crippen LogP contribution in [0.15, 0.2) is 53.5 Å². The van der Waals surface area contributed by atoms with Gasteiger partial charge in [-0.3, -0.25) is 9.59 Å². The minimum atomic E-state index is -0.0860. The van der Waals surface area contributed by atoms with Crippen molar-refractivity contribution in [1.29, 1.82) is 0 Å². The van der Waals surface area contributed by atoms with Gasteiger partial charge in [0.05, 0.1) is 6.42 Å². The van der Waals surface area contributed by atoms with Gasteiger partial charge in [-0.1, -0.05) is 36.4 Å². The van der Waals surface area contributed by atoms with Crippen LogP contribution in [0.1, 0.15) is 11.1 Å². The van der Waals surface area contributed by atoms with E-state index in [4.69, 9.17) is 0 Å². The molecule has 1 N–H and O–H groups in total. The number of amides is 1. The maximum absolute atomic E-state index is 11.8. The van der Waals surface area contributed by atoms with E-state index in [0.29, 0.717) is 12.0 Å². The highest BCUT2D eigenvalue weighted by atomic mass is 16.1. The van der Waals surface area contributed by atoms with Crippen molar-refractivity contribution in [2.45, 2.75) is 13.0 Å². The van der Waals surface area contributed by atoms with Gasteiger partial charge in [-0.15, -0.1) is 0 Å². The lowest BCUT2D eigenvalue weighted by atomic mass is 10.1. The van der Waals surface area contributed by atoms with E-state index < -0.39 is 0 Å². The van der Waals surface area contributed by atoms with Crippen molar-refractivity contribution in [2.24, 2.45) is 7.05 Å². The Hall–Kier alpha value is -2.36. The third kappa shape index (κ3) is 3.55. The summed E-state index contributed by atoms with van der Waals surface area (Å²) < 4.78 is 1.50. The lowest BCUT2D eigenvalue weighted by molar-refractivity contribution is -0.120. The molecule has 0 aliphatic rings. The van der Waals surface area contributed by atoms with Gasteiger partial charge in [-0.05, 0) is 11.6 Å². The van der Waals surface area contributed by atoms with E-state index in [9.17, 15) is 9.59 Å². The molecule has 4 heteroatoms.